The highest BCUT2D eigenvalue weighted by Gasteiger charge is 2.28. The smallest absolute Gasteiger partial charge is 0.322 e. The van der Waals surface area contributed by atoms with Crippen LogP contribution in [0, 0.1) is 5.41 Å². The Hall–Kier alpha value is -3.13. The number of aliphatic carboxylic acids is 1. The summed E-state index contributed by atoms with van der Waals surface area (Å²) >= 11 is 1.30. The van der Waals surface area contributed by atoms with Crippen LogP contribution in [-0.2, 0) is 4.79 Å². The minimum Gasteiger partial charge on any atom is -0.480 e. The topological polar surface area (TPSA) is 94.6 Å². The fraction of sp³-hybridized carbons (Fsp3) is 0.348. The SMILES string of the molecule is CC1(C)CCN(c2nc(NCC(=O)O)c(C(=O)Nc3ccc4ccccc4c3)s2)CC1. The van der Waals surface area contributed by atoms with Crippen LogP contribution in [0.1, 0.15) is 36.4 Å². The van der Waals surface area contributed by atoms with Crippen molar-refractivity contribution in [2.75, 3.05) is 35.2 Å². The maximum atomic E-state index is 13.1. The number of benzene rings is 2. The molecule has 1 amide bonds. The number of hydrogen-bond acceptors (Lipinski definition) is 6. The summed E-state index contributed by atoms with van der Waals surface area (Å²) in [6.07, 6.45) is 2.09. The molecule has 0 spiro atoms. The number of rotatable bonds is 6. The number of piperidine rings is 1. The summed E-state index contributed by atoms with van der Waals surface area (Å²) in [5.74, 6) is -0.995. The first-order valence-electron chi connectivity index (χ1n) is 10.3. The van der Waals surface area contributed by atoms with Gasteiger partial charge in [0.2, 0.25) is 0 Å². The van der Waals surface area contributed by atoms with Gasteiger partial charge in [-0.1, -0.05) is 55.5 Å². The van der Waals surface area contributed by atoms with Crippen LogP contribution in [0.4, 0.5) is 16.6 Å². The van der Waals surface area contributed by atoms with E-state index in [9.17, 15) is 9.59 Å². The van der Waals surface area contributed by atoms with Crippen molar-refractivity contribution >= 4 is 50.6 Å². The molecule has 1 aliphatic heterocycles. The van der Waals surface area contributed by atoms with Crippen LogP contribution in [-0.4, -0.2) is 41.6 Å². The first kappa shape index (κ1) is 21.1. The summed E-state index contributed by atoms with van der Waals surface area (Å²) < 4.78 is 0. The highest BCUT2D eigenvalue weighted by atomic mass is 32.1. The van der Waals surface area contributed by atoms with Gasteiger partial charge in [-0.05, 0) is 41.2 Å². The van der Waals surface area contributed by atoms with Gasteiger partial charge in [0.1, 0.15) is 11.4 Å². The number of carbonyl (C=O) groups excluding carboxylic acids is 1. The lowest BCUT2D eigenvalue weighted by atomic mass is 9.83. The molecular weight excluding hydrogens is 412 g/mol. The van der Waals surface area contributed by atoms with Gasteiger partial charge >= 0.3 is 5.97 Å². The van der Waals surface area contributed by atoms with Crippen LogP contribution < -0.4 is 15.5 Å². The average molecular weight is 439 g/mol. The number of anilines is 3. The molecule has 1 fully saturated rings. The van der Waals surface area contributed by atoms with Gasteiger partial charge in [0.05, 0.1) is 0 Å². The summed E-state index contributed by atoms with van der Waals surface area (Å²) in [5.41, 5.74) is 0.983. The van der Waals surface area contributed by atoms with Gasteiger partial charge in [-0.15, -0.1) is 0 Å². The molecule has 162 valence electrons. The fourth-order valence-electron chi connectivity index (χ4n) is 3.64. The third-order valence-corrected chi connectivity index (χ3v) is 6.74. The number of fused-ring (bicyclic) bond motifs is 1. The largest absolute Gasteiger partial charge is 0.480 e. The van der Waals surface area contributed by atoms with Crippen molar-refractivity contribution in [3.8, 4) is 0 Å². The minimum absolute atomic E-state index is 0.299. The van der Waals surface area contributed by atoms with Gasteiger partial charge < -0.3 is 20.6 Å². The highest BCUT2D eigenvalue weighted by Crippen LogP contribution is 2.36. The molecule has 7 nitrogen and oxygen atoms in total. The maximum absolute atomic E-state index is 13.1. The molecule has 3 N–H and O–H groups in total. The van der Waals surface area contributed by atoms with E-state index in [1.165, 1.54) is 11.3 Å². The van der Waals surface area contributed by atoms with Gasteiger partial charge in [-0.3, -0.25) is 9.59 Å². The quantitative estimate of drug-likeness (QED) is 0.518. The predicted molar refractivity (Wildman–Crippen MR) is 125 cm³/mol. The molecule has 8 heteroatoms. The Morgan fingerprint density at radius 2 is 1.84 bits per heavy atom. The molecule has 0 radical (unpaired) electrons. The van der Waals surface area contributed by atoms with Crippen molar-refractivity contribution in [3.05, 3.63) is 47.3 Å². The maximum Gasteiger partial charge on any atom is 0.322 e. The lowest BCUT2D eigenvalue weighted by Crippen LogP contribution is -2.37. The predicted octanol–water partition coefficient (Wildman–Crippen LogP) is 4.67. The summed E-state index contributed by atoms with van der Waals surface area (Å²) in [5, 5.41) is 17.7. The number of nitrogens with zero attached hydrogens (tertiary/aromatic N) is 2. The van der Waals surface area contributed by atoms with Crippen LogP contribution in [0.25, 0.3) is 10.8 Å². The first-order chi connectivity index (χ1) is 14.8. The van der Waals surface area contributed by atoms with Gasteiger partial charge in [0.15, 0.2) is 10.9 Å². The fourth-order valence-corrected chi connectivity index (χ4v) is 4.62. The molecule has 1 saturated heterocycles. The van der Waals surface area contributed by atoms with Gasteiger partial charge in [0.25, 0.3) is 5.91 Å². The van der Waals surface area contributed by atoms with E-state index in [1.807, 2.05) is 42.5 Å². The highest BCUT2D eigenvalue weighted by molar-refractivity contribution is 7.18. The molecule has 0 aliphatic carbocycles. The molecule has 4 rings (SSSR count). The molecule has 2 heterocycles. The van der Waals surface area contributed by atoms with Crippen molar-refractivity contribution in [3.63, 3.8) is 0 Å². The zero-order chi connectivity index (χ0) is 22.0. The summed E-state index contributed by atoms with van der Waals surface area (Å²) in [6.45, 7) is 5.95. The first-order valence-corrected chi connectivity index (χ1v) is 11.1. The Morgan fingerprint density at radius 3 is 2.55 bits per heavy atom. The van der Waals surface area contributed by atoms with Crippen molar-refractivity contribution in [2.24, 2.45) is 5.41 Å². The molecule has 1 aliphatic rings. The molecule has 31 heavy (non-hydrogen) atoms. The van der Waals surface area contributed by atoms with E-state index in [1.54, 1.807) is 0 Å². The van der Waals surface area contributed by atoms with Crippen LogP contribution in [0.3, 0.4) is 0 Å². The Labute approximate surface area is 185 Å². The lowest BCUT2D eigenvalue weighted by molar-refractivity contribution is -0.134. The second kappa shape index (κ2) is 8.55. The van der Waals surface area contributed by atoms with E-state index in [2.05, 4.69) is 34.4 Å². The molecule has 3 aromatic rings. The van der Waals surface area contributed by atoms with E-state index < -0.39 is 5.97 Å². The Morgan fingerprint density at radius 1 is 1.13 bits per heavy atom. The van der Waals surface area contributed by atoms with E-state index in [0.717, 1.165) is 41.8 Å². The number of carbonyl (C=O) groups is 2. The van der Waals surface area contributed by atoms with E-state index in [0.29, 0.717) is 21.8 Å². The van der Waals surface area contributed by atoms with Crippen molar-refractivity contribution in [2.45, 2.75) is 26.7 Å². The monoisotopic (exact) mass is 438 g/mol. The molecule has 0 bridgehead atoms. The summed E-state index contributed by atoms with van der Waals surface area (Å²) in [4.78, 5) is 31.3. The number of thiazole rings is 1. The molecule has 0 unspecified atom stereocenters. The third-order valence-electron chi connectivity index (χ3n) is 5.62. The number of carboxylic acid groups (broad SMARTS) is 1. The average Bonchev–Trinajstić information content (AvgIpc) is 3.16. The van der Waals surface area contributed by atoms with E-state index in [-0.39, 0.29) is 12.5 Å². The zero-order valence-electron chi connectivity index (χ0n) is 17.6. The second-order valence-electron chi connectivity index (χ2n) is 8.59. The Balaban J connectivity index is 1.57. The second-order valence-corrected chi connectivity index (χ2v) is 9.57. The number of carboxylic acids is 1. The van der Waals surface area contributed by atoms with Crippen LogP contribution >= 0.6 is 11.3 Å². The number of hydrogen-bond donors (Lipinski definition) is 3. The van der Waals surface area contributed by atoms with Gasteiger partial charge in [-0.2, -0.15) is 0 Å². The lowest BCUT2D eigenvalue weighted by Gasteiger charge is -2.36. The number of aromatic nitrogens is 1. The van der Waals surface area contributed by atoms with Crippen molar-refractivity contribution in [1.82, 2.24) is 4.98 Å². The zero-order valence-corrected chi connectivity index (χ0v) is 18.5. The molecule has 1 aromatic heterocycles. The number of amides is 1. The normalized spacial score (nSPS) is 15.6. The van der Waals surface area contributed by atoms with Crippen LogP contribution in [0.15, 0.2) is 42.5 Å². The molecular formula is C23H26N4O3S. The van der Waals surface area contributed by atoms with Crippen molar-refractivity contribution in [1.29, 1.82) is 0 Å². The van der Waals surface area contributed by atoms with E-state index in [4.69, 9.17) is 5.11 Å². The Kier molecular flexibility index (Phi) is 5.82. The van der Waals surface area contributed by atoms with Crippen LogP contribution in [0.5, 0.6) is 0 Å². The van der Waals surface area contributed by atoms with Gasteiger partial charge in [-0.25, -0.2) is 4.98 Å². The summed E-state index contributed by atoms with van der Waals surface area (Å²) in [7, 11) is 0. The summed E-state index contributed by atoms with van der Waals surface area (Å²) in [6, 6.07) is 13.7. The van der Waals surface area contributed by atoms with Crippen molar-refractivity contribution < 1.29 is 14.7 Å². The number of nitrogens with one attached hydrogen (secondary N) is 2. The Bertz CT molecular complexity index is 1110. The van der Waals surface area contributed by atoms with Crippen LogP contribution in [0.2, 0.25) is 0 Å². The molecule has 0 atom stereocenters. The van der Waals surface area contributed by atoms with Gasteiger partial charge in [0, 0.05) is 18.8 Å². The molecule has 2 aromatic carbocycles. The molecule has 0 saturated carbocycles. The minimum atomic E-state index is -1.00. The third kappa shape index (κ3) is 4.96. The van der Waals surface area contributed by atoms with E-state index >= 15 is 0 Å². The standard InChI is InChI=1S/C23H26N4O3S/c1-23(2)9-11-27(12-10-23)22-26-20(24-14-18(28)29)19(31-22)21(30)25-17-8-7-15-5-3-4-6-16(15)13-17/h3-8,13,24H,9-12,14H2,1-2H3,(H,25,30)(H,28,29).